The number of thiophene rings is 1. The summed E-state index contributed by atoms with van der Waals surface area (Å²) >= 11 is 2.70. The molecule has 0 radical (unpaired) electrons. The predicted octanol–water partition coefficient (Wildman–Crippen LogP) is 4.17. The van der Waals surface area contributed by atoms with Crippen molar-refractivity contribution in [2.45, 2.75) is 25.7 Å². The quantitative estimate of drug-likeness (QED) is 0.475. The second-order valence-electron chi connectivity index (χ2n) is 7.06. The van der Waals surface area contributed by atoms with Crippen molar-refractivity contribution in [3.63, 3.8) is 0 Å². The fourth-order valence-corrected chi connectivity index (χ4v) is 5.22. The first kappa shape index (κ1) is 19.6. The highest BCUT2D eigenvalue weighted by Crippen LogP contribution is 2.30. The number of amides is 2. The minimum Gasteiger partial charge on any atom is -0.321 e. The van der Waals surface area contributed by atoms with Gasteiger partial charge >= 0.3 is 0 Å². The van der Waals surface area contributed by atoms with Crippen LogP contribution in [0.1, 0.15) is 42.8 Å². The number of anilines is 2. The summed E-state index contributed by atoms with van der Waals surface area (Å²) in [6.07, 6.45) is 7.40. The zero-order valence-corrected chi connectivity index (χ0v) is 18.0. The number of thiazole rings is 1. The maximum absolute atomic E-state index is 12.6. The molecule has 0 fully saturated rings. The molecule has 0 spiro atoms. The predicted molar refractivity (Wildman–Crippen MR) is 120 cm³/mol. The standard InChI is InChI=1S/C21H18N6O2S2/c28-19(24-13-5-7-14(8-6-13)27-12-22-11-23-27)17-9-10-18(30-17)20(29)26-21-25-15-3-1-2-4-16(15)31-21/h5-12H,1-4H2,(H,24,28)(H,25,26,29). The van der Waals surface area contributed by atoms with Crippen LogP contribution in [-0.2, 0) is 12.8 Å². The van der Waals surface area contributed by atoms with Crippen LogP contribution in [0.2, 0.25) is 0 Å². The van der Waals surface area contributed by atoms with Gasteiger partial charge in [0.2, 0.25) is 0 Å². The molecule has 0 aliphatic heterocycles. The molecule has 1 aliphatic rings. The van der Waals surface area contributed by atoms with Crippen LogP contribution in [-0.4, -0.2) is 31.6 Å². The summed E-state index contributed by atoms with van der Waals surface area (Å²) in [5.74, 6) is -0.505. The number of carbonyl (C=O) groups excluding carboxylic acids is 2. The Labute approximate surface area is 186 Å². The average Bonchev–Trinajstić information content (AvgIpc) is 3.54. The van der Waals surface area contributed by atoms with E-state index < -0.39 is 0 Å². The van der Waals surface area contributed by atoms with Gasteiger partial charge in [0.15, 0.2) is 5.13 Å². The van der Waals surface area contributed by atoms with Crippen molar-refractivity contribution in [1.29, 1.82) is 0 Å². The third kappa shape index (κ3) is 4.25. The zero-order valence-electron chi connectivity index (χ0n) is 16.4. The monoisotopic (exact) mass is 450 g/mol. The molecule has 1 aromatic carbocycles. The van der Waals surface area contributed by atoms with E-state index in [9.17, 15) is 9.59 Å². The Morgan fingerprint density at radius 2 is 1.65 bits per heavy atom. The van der Waals surface area contributed by atoms with Crippen molar-refractivity contribution < 1.29 is 9.59 Å². The van der Waals surface area contributed by atoms with Crippen LogP contribution in [0.3, 0.4) is 0 Å². The minimum absolute atomic E-state index is 0.243. The van der Waals surface area contributed by atoms with E-state index in [0.717, 1.165) is 42.0 Å². The van der Waals surface area contributed by atoms with Gasteiger partial charge in [0.25, 0.3) is 11.8 Å². The van der Waals surface area contributed by atoms with E-state index in [4.69, 9.17) is 0 Å². The van der Waals surface area contributed by atoms with E-state index >= 15 is 0 Å². The van der Waals surface area contributed by atoms with Crippen LogP contribution in [0.25, 0.3) is 5.69 Å². The summed E-state index contributed by atoms with van der Waals surface area (Å²) in [5, 5.41) is 10.4. The molecule has 8 nitrogen and oxygen atoms in total. The maximum atomic E-state index is 12.6. The molecule has 0 saturated carbocycles. The van der Waals surface area contributed by atoms with Crippen molar-refractivity contribution in [3.05, 3.63) is 69.4 Å². The van der Waals surface area contributed by atoms with Gasteiger partial charge in [-0.3, -0.25) is 14.9 Å². The molecular weight excluding hydrogens is 432 g/mol. The van der Waals surface area contributed by atoms with Gasteiger partial charge in [-0.15, -0.1) is 22.7 Å². The van der Waals surface area contributed by atoms with E-state index in [-0.39, 0.29) is 11.8 Å². The second kappa shape index (κ2) is 8.40. The molecule has 5 rings (SSSR count). The number of rotatable bonds is 5. The summed E-state index contributed by atoms with van der Waals surface area (Å²) < 4.78 is 1.63. The lowest BCUT2D eigenvalue weighted by atomic mass is 10.0. The largest absolute Gasteiger partial charge is 0.321 e. The van der Waals surface area contributed by atoms with Crippen LogP contribution < -0.4 is 10.6 Å². The molecular formula is C21H18N6O2S2. The molecule has 3 aromatic heterocycles. The summed E-state index contributed by atoms with van der Waals surface area (Å²) in [5.41, 5.74) is 2.60. The summed E-state index contributed by atoms with van der Waals surface area (Å²) in [6.45, 7) is 0. The first-order valence-electron chi connectivity index (χ1n) is 9.82. The molecule has 0 bridgehead atoms. The third-order valence-electron chi connectivity index (χ3n) is 4.93. The van der Waals surface area contributed by atoms with Crippen molar-refractivity contribution in [3.8, 4) is 5.69 Å². The van der Waals surface area contributed by atoms with Crippen LogP contribution in [0.5, 0.6) is 0 Å². The maximum Gasteiger partial charge on any atom is 0.267 e. The fraction of sp³-hybridized carbons (Fsp3) is 0.190. The fourth-order valence-electron chi connectivity index (χ4n) is 3.38. The number of nitrogens with one attached hydrogen (secondary N) is 2. The van der Waals surface area contributed by atoms with Gasteiger partial charge in [-0.1, -0.05) is 0 Å². The van der Waals surface area contributed by atoms with Gasteiger partial charge in [0.05, 0.1) is 21.1 Å². The number of aryl methyl sites for hydroxylation is 2. The molecule has 156 valence electrons. The molecule has 4 aromatic rings. The Balaban J connectivity index is 1.23. The second-order valence-corrected chi connectivity index (χ2v) is 9.22. The molecule has 10 heteroatoms. The molecule has 1 aliphatic carbocycles. The van der Waals surface area contributed by atoms with Gasteiger partial charge in [0.1, 0.15) is 12.7 Å². The third-order valence-corrected chi connectivity index (χ3v) is 7.08. The van der Waals surface area contributed by atoms with Gasteiger partial charge in [-0.25, -0.2) is 14.6 Å². The Morgan fingerprint density at radius 1 is 0.903 bits per heavy atom. The summed E-state index contributed by atoms with van der Waals surface area (Å²) in [4.78, 5) is 35.8. The lowest BCUT2D eigenvalue weighted by Gasteiger charge is -2.06. The van der Waals surface area contributed by atoms with E-state index in [1.807, 2.05) is 12.1 Å². The number of benzene rings is 1. The zero-order chi connectivity index (χ0) is 21.2. The van der Waals surface area contributed by atoms with E-state index in [2.05, 4.69) is 25.7 Å². The molecule has 3 heterocycles. The van der Waals surface area contributed by atoms with Crippen molar-refractivity contribution in [1.82, 2.24) is 19.7 Å². The lowest BCUT2D eigenvalue weighted by molar-refractivity contribution is 0.102. The minimum atomic E-state index is -0.262. The van der Waals surface area contributed by atoms with Gasteiger partial charge < -0.3 is 5.32 Å². The van der Waals surface area contributed by atoms with Crippen molar-refractivity contribution in [2.24, 2.45) is 0 Å². The number of aromatic nitrogens is 4. The smallest absolute Gasteiger partial charge is 0.267 e. The van der Waals surface area contributed by atoms with E-state index in [0.29, 0.717) is 20.6 Å². The Kier molecular flexibility index (Phi) is 5.31. The molecule has 0 saturated heterocycles. The molecule has 2 N–H and O–H groups in total. The van der Waals surface area contributed by atoms with Crippen LogP contribution in [0, 0.1) is 0 Å². The summed E-state index contributed by atoms with van der Waals surface area (Å²) in [6, 6.07) is 10.6. The van der Waals surface area contributed by atoms with E-state index in [1.165, 1.54) is 17.6 Å². The highest BCUT2D eigenvalue weighted by Gasteiger charge is 2.19. The number of nitrogens with zero attached hydrogens (tertiary/aromatic N) is 4. The number of carbonyl (C=O) groups is 2. The Hall–Kier alpha value is -3.37. The van der Waals surface area contributed by atoms with Gasteiger partial charge in [-0.05, 0) is 62.1 Å². The van der Waals surface area contributed by atoms with Gasteiger partial charge in [0, 0.05) is 10.6 Å². The van der Waals surface area contributed by atoms with Crippen LogP contribution in [0.4, 0.5) is 10.8 Å². The SMILES string of the molecule is O=C(Nc1ccc(-n2cncn2)cc1)c1ccc(C(=O)Nc2nc3c(s2)CCCC3)s1. The van der Waals surface area contributed by atoms with Crippen LogP contribution >= 0.6 is 22.7 Å². The topological polar surface area (TPSA) is 102 Å². The first-order valence-corrected chi connectivity index (χ1v) is 11.5. The lowest BCUT2D eigenvalue weighted by Crippen LogP contribution is -2.11. The Bertz CT molecular complexity index is 1200. The normalized spacial score (nSPS) is 12.9. The molecule has 31 heavy (non-hydrogen) atoms. The molecule has 2 amide bonds. The highest BCUT2D eigenvalue weighted by atomic mass is 32.1. The molecule has 0 atom stereocenters. The van der Waals surface area contributed by atoms with Gasteiger partial charge in [-0.2, -0.15) is 5.10 Å². The summed E-state index contributed by atoms with van der Waals surface area (Å²) in [7, 11) is 0. The van der Waals surface area contributed by atoms with Crippen LogP contribution in [0.15, 0.2) is 49.1 Å². The molecule has 0 unspecified atom stereocenters. The first-order chi connectivity index (χ1) is 15.2. The highest BCUT2D eigenvalue weighted by molar-refractivity contribution is 7.17. The van der Waals surface area contributed by atoms with Crippen molar-refractivity contribution in [2.75, 3.05) is 10.6 Å². The Morgan fingerprint density at radius 3 is 2.35 bits per heavy atom. The number of fused-ring (bicyclic) bond motifs is 1. The van der Waals surface area contributed by atoms with Crippen molar-refractivity contribution >= 4 is 45.3 Å². The number of hydrogen-bond acceptors (Lipinski definition) is 7. The number of hydrogen-bond donors (Lipinski definition) is 2. The average molecular weight is 451 g/mol. The van der Waals surface area contributed by atoms with E-state index in [1.54, 1.807) is 46.6 Å².